The lowest BCUT2D eigenvalue weighted by molar-refractivity contribution is 0.203. The molecule has 1 aliphatic heterocycles. The second-order valence-electron chi connectivity index (χ2n) is 6.68. The van der Waals surface area contributed by atoms with Crippen LogP contribution in [0.5, 0.6) is 0 Å². The predicted molar refractivity (Wildman–Crippen MR) is 102 cm³/mol. The fourth-order valence-corrected chi connectivity index (χ4v) is 5.08. The Bertz CT molecular complexity index is 748. The van der Waals surface area contributed by atoms with E-state index in [9.17, 15) is 8.42 Å². The van der Waals surface area contributed by atoms with Crippen LogP contribution in [0.25, 0.3) is 0 Å². The van der Waals surface area contributed by atoms with Crippen LogP contribution in [0.3, 0.4) is 0 Å². The Balaban J connectivity index is 1.56. The van der Waals surface area contributed by atoms with E-state index in [-0.39, 0.29) is 6.04 Å². The van der Waals surface area contributed by atoms with Crippen molar-refractivity contribution in [2.45, 2.75) is 25.6 Å². The van der Waals surface area contributed by atoms with Crippen LogP contribution in [-0.2, 0) is 22.9 Å². The third-order valence-electron chi connectivity index (χ3n) is 4.70. The molecule has 1 atom stereocenters. The summed E-state index contributed by atoms with van der Waals surface area (Å²) in [5.74, 6) is 0.610. The molecule has 0 bridgehead atoms. The molecule has 25 heavy (non-hydrogen) atoms. The first-order valence-electron chi connectivity index (χ1n) is 8.85. The average molecular weight is 359 g/mol. The first-order valence-corrected chi connectivity index (χ1v) is 10.7. The van der Waals surface area contributed by atoms with Crippen LogP contribution in [-0.4, -0.2) is 44.0 Å². The van der Waals surface area contributed by atoms with Crippen molar-refractivity contribution in [3.8, 4) is 0 Å². The number of nitrogens with one attached hydrogen (secondary N) is 1. The van der Waals surface area contributed by atoms with Gasteiger partial charge in [-0.05, 0) is 17.5 Å². The van der Waals surface area contributed by atoms with Crippen molar-refractivity contribution in [3.63, 3.8) is 0 Å². The quantitative estimate of drug-likeness (QED) is 0.737. The van der Waals surface area contributed by atoms with Crippen LogP contribution in [0.2, 0.25) is 0 Å². The van der Waals surface area contributed by atoms with Gasteiger partial charge in [0.1, 0.15) is 0 Å². The van der Waals surface area contributed by atoms with E-state index >= 15 is 0 Å². The lowest BCUT2D eigenvalue weighted by Gasteiger charge is -2.28. The number of benzene rings is 2. The topological polar surface area (TPSA) is 49.4 Å². The molecule has 4 nitrogen and oxygen atoms in total. The highest BCUT2D eigenvalue weighted by Crippen LogP contribution is 2.19. The largest absolute Gasteiger partial charge is 0.311 e. The maximum absolute atomic E-state index is 11.9. The van der Waals surface area contributed by atoms with Crippen LogP contribution in [0.15, 0.2) is 60.7 Å². The van der Waals surface area contributed by atoms with E-state index in [1.54, 1.807) is 0 Å². The molecule has 0 amide bonds. The van der Waals surface area contributed by atoms with Crippen molar-refractivity contribution in [1.29, 1.82) is 0 Å². The molecule has 2 aromatic rings. The van der Waals surface area contributed by atoms with Gasteiger partial charge in [0.15, 0.2) is 9.84 Å². The lowest BCUT2D eigenvalue weighted by Crippen LogP contribution is -2.40. The molecule has 0 spiro atoms. The highest BCUT2D eigenvalue weighted by molar-refractivity contribution is 7.91. The van der Waals surface area contributed by atoms with Crippen molar-refractivity contribution in [1.82, 2.24) is 10.2 Å². The summed E-state index contributed by atoms with van der Waals surface area (Å²) in [7, 11) is -2.87. The molecule has 0 saturated carbocycles. The number of hydrogen-bond donors (Lipinski definition) is 1. The lowest BCUT2D eigenvalue weighted by atomic mass is 10.1. The normalized spacial score (nSPS) is 19.3. The SMILES string of the molecule is O=S1(=O)CC[C@@H](N(CCNCc2ccccc2)Cc2ccccc2)C1. The van der Waals surface area contributed by atoms with Gasteiger partial charge in [-0.15, -0.1) is 0 Å². The van der Waals surface area contributed by atoms with Crippen LogP contribution >= 0.6 is 0 Å². The zero-order chi connectivity index (χ0) is 17.5. The van der Waals surface area contributed by atoms with E-state index in [4.69, 9.17) is 0 Å². The Kier molecular flexibility index (Phi) is 6.24. The third kappa shape index (κ3) is 5.66. The monoisotopic (exact) mass is 358 g/mol. The first kappa shape index (κ1) is 18.1. The minimum Gasteiger partial charge on any atom is -0.311 e. The zero-order valence-corrected chi connectivity index (χ0v) is 15.3. The molecule has 0 radical (unpaired) electrons. The van der Waals surface area contributed by atoms with Gasteiger partial charge in [0.2, 0.25) is 0 Å². The van der Waals surface area contributed by atoms with E-state index in [2.05, 4.69) is 34.5 Å². The summed E-state index contributed by atoms with van der Waals surface area (Å²) in [6, 6.07) is 20.7. The molecule has 134 valence electrons. The first-order chi connectivity index (χ1) is 12.1. The maximum Gasteiger partial charge on any atom is 0.151 e. The minimum atomic E-state index is -2.87. The standard InChI is InChI=1S/C20H26N2O2S/c23-25(24)14-11-20(17-25)22(16-19-9-5-2-6-10-19)13-12-21-15-18-7-3-1-4-8-18/h1-10,20-21H,11-17H2/t20-/m1/s1. The molecule has 0 aliphatic carbocycles. The number of rotatable bonds is 8. The fourth-order valence-electron chi connectivity index (χ4n) is 3.32. The summed E-state index contributed by atoms with van der Waals surface area (Å²) in [4.78, 5) is 2.32. The second-order valence-corrected chi connectivity index (χ2v) is 8.90. The molecular weight excluding hydrogens is 332 g/mol. The van der Waals surface area contributed by atoms with Gasteiger partial charge >= 0.3 is 0 Å². The molecule has 3 rings (SSSR count). The van der Waals surface area contributed by atoms with Crippen LogP contribution in [0, 0.1) is 0 Å². The Morgan fingerprint density at radius 2 is 1.60 bits per heavy atom. The molecule has 1 saturated heterocycles. The average Bonchev–Trinajstić information content (AvgIpc) is 2.99. The van der Waals surface area contributed by atoms with Crippen molar-refractivity contribution in [3.05, 3.63) is 71.8 Å². The van der Waals surface area contributed by atoms with Crippen molar-refractivity contribution in [2.24, 2.45) is 0 Å². The van der Waals surface area contributed by atoms with E-state index in [1.807, 2.05) is 36.4 Å². The second kappa shape index (κ2) is 8.61. The van der Waals surface area contributed by atoms with Gasteiger partial charge in [-0.1, -0.05) is 60.7 Å². The third-order valence-corrected chi connectivity index (χ3v) is 6.45. The van der Waals surface area contributed by atoms with Crippen LogP contribution in [0.4, 0.5) is 0 Å². The minimum absolute atomic E-state index is 0.128. The number of hydrogen-bond acceptors (Lipinski definition) is 4. The van der Waals surface area contributed by atoms with E-state index < -0.39 is 9.84 Å². The van der Waals surface area contributed by atoms with E-state index in [0.29, 0.717) is 11.5 Å². The van der Waals surface area contributed by atoms with Crippen LogP contribution in [0.1, 0.15) is 17.5 Å². The van der Waals surface area contributed by atoms with Gasteiger partial charge in [-0.2, -0.15) is 0 Å². The Morgan fingerprint density at radius 1 is 0.960 bits per heavy atom. The van der Waals surface area contributed by atoms with Gasteiger partial charge in [0.25, 0.3) is 0 Å². The Hall–Kier alpha value is -1.69. The summed E-state index contributed by atoms with van der Waals surface area (Å²) in [5, 5.41) is 3.47. The molecule has 1 heterocycles. The van der Waals surface area contributed by atoms with Crippen molar-refractivity contribution in [2.75, 3.05) is 24.6 Å². The van der Waals surface area contributed by atoms with Gasteiger partial charge in [0.05, 0.1) is 11.5 Å². The summed E-state index contributed by atoms with van der Waals surface area (Å²) < 4.78 is 23.7. The fraction of sp³-hybridized carbons (Fsp3) is 0.400. The molecule has 1 fully saturated rings. The summed E-state index contributed by atoms with van der Waals surface area (Å²) in [5.41, 5.74) is 2.50. The zero-order valence-electron chi connectivity index (χ0n) is 14.5. The van der Waals surface area contributed by atoms with Gasteiger partial charge < -0.3 is 5.32 Å². The maximum atomic E-state index is 11.9. The van der Waals surface area contributed by atoms with Gasteiger partial charge in [-0.3, -0.25) is 4.90 Å². The van der Waals surface area contributed by atoms with Gasteiger partial charge in [0, 0.05) is 32.2 Å². The van der Waals surface area contributed by atoms with Crippen molar-refractivity contribution < 1.29 is 8.42 Å². The molecule has 0 unspecified atom stereocenters. The van der Waals surface area contributed by atoms with Crippen molar-refractivity contribution >= 4 is 9.84 Å². The summed E-state index contributed by atoms with van der Waals surface area (Å²) in [6.07, 6.45) is 0.744. The van der Waals surface area contributed by atoms with E-state index in [0.717, 1.165) is 32.6 Å². The molecule has 5 heteroatoms. The summed E-state index contributed by atoms with van der Waals surface area (Å²) in [6.45, 7) is 3.33. The molecule has 1 aliphatic rings. The van der Waals surface area contributed by atoms with E-state index in [1.165, 1.54) is 11.1 Å². The Morgan fingerprint density at radius 3 is 2.20 bits per heavy atom. The highest BCUT2D eigenvalue weighted by Gasteiger charge is 2.31. The Labute approximate surface area is 150 Å². The van der Waals surface area contributed by atoms with Gasteiger partial charge in [-0.25, -0.2) is 8.42 Å². The number of nitrogens with zero attached hydrogens (tertiary/aromatic N) is 1. The molecule has 2 aromatic carbocycles. The highest BCUT2D eigenvalue weighted by atomic mass is 32.2. The molecular formula is C20H26N2O2S. The number of sulfone groups is 1. The molecule has 0 aromatic heterocycles. The predicted octanol–water partition coefficient (Wildman–Crippen LogP) is 2.47. The smallest absolute Gasteiger partial charge is 0.151 e. The van der Waals surface area contributed by atoms with Crippen LogP contribution < -0.4 is 5.32 Å². The summed E-state index contributed by atoms with van der Waals surface area (Å²) >= 11 is 0. The molecule has 1 N–H and O–H groups in total.